The number of ether oxygens (including phenoxy) is 1. The Kier molecular flexibility index (Phi) is 3.51. The minimum absolute atomic E-state index is 0.00488. The molecular formula is C10H16N4O2. The molecule has 1 aliphatic heterocycles. The van der Waals surface area contributed by atoms with E-state index in [1.807, 2.05) is 6.92 Å². The summed E-state index contributed by atoms with van der Waals surface area (Å²) < 4.78 is 5.35. The number of nitrogens with one attached hydrogen (secondary N) is 2. The Hall–Kier alpha value is -1.43. The van der Waals surface area contributed by atoms with Crippen molar-refractivity contribution in [3.8, 4) is 0 Å². The van der Waals surface area contributed by atoms with E-state index in [0.717, 1.165) is 12.2 Å². The Morgan fingerprint density at radius 1 is 1.75 bits per heavy atom. The second-order valence-corrected chi connectivity index (χ2v) is 3.94. The number of aromatic amines is 1. The lowest BCUT2D eigenvalue weighted by atomic mass is 10.0. The minimum atomic E-state index is -0.00488. The Morgan fingerprint density at radius 3 is 3.25 bits per heavy atom. The van der Waals surface area contributed by atoms with Crippen molar-refractivity contribution in [3.63, 3.8) is 0 Å². The summed E-state index contributed by atoms with van der Waals surface area (Å²) in [4.78, 5) is 15.7. The summed E-state index contributed by atoms with van der Waals surface area (Å²) in [6, 6.07) is 0. The summed E-state index contributed by atoms with van der Waals surface area (Å²) in [6.45, 7) is 3.20. The van der Waals surface area contributed by atoms with E-state index in [9.17, 15) is 4.79 Å². The number of amides is 1. The molecule has 1 saturated heterocycles. The van der Waals surface area contributed by atoms with Gasteiger partial charge in [-0.2, -0.15) is 5.10 Å². The Bertz CT molecular complexity index is 339. The molecule has 0 aromatic carbocycles. The molecule has 1 aromatic heterocycles. The van der Waals surface area contributed by atoms with Gasteiger partial charge >= 0.3 is 0 Å². The number of hydrogen-bond donors (Lipinski definition) is 2. The van der Waals surface area contributed by atoms with Gasteiger partial charge in [0.05, 0.1) is 12.0 Å². The van der Waals surface area contributed by atoms with Gasteiger partial charge in [0.1, 0.15) is 12.2 Å². The van der Waals surface area contributed by atoms with E-state index >= 15 is 0 Å². The average molecular weight is 224 g/mol. The van der Waals surface area contributed by atoms with Crippen molar-refractivity contribution in [1.82, 2.24) is 20.5 Å². The van der Waals surface area contributed by atoms with Gasteiger partial charge in [0.2, 0.25) is 5.91 Å². The minimum Gasteiger partial charge on any atom is -0.378 e. The first kappa shape index (κ1) is 11.1. The molecule has 0 bridgehead atoms. The van der Waals surface area contributed by atoms with Crippen molar-refractivity contribution >= 4 is 5.91 Å². The van der Waals surface area contributed by atoms with Crippen LogP contribution in [0.3, 0.4) is 0 Å². The van der Waals surface area contributed by atoms with E-state index in [2.05, 4.69) is 20.5 Å². The highest BCUT2D eigenvalue weighted by molar-refractivity contribution is 5.79. The van der Waals surface area contributed by atoms with E-state index in [1.54, 1.807) is 0 Å². The van der Waals surface area contributed by atoms with Crippen molar-refractivity contribution in [1.29, 1.82) is 0 Å². The monoisotopic (exact) mass is 224 g/mol. The van der Waals surface area contributed by atoms with Crippen LogP contribution in [-0.2, 0) is 16.0 Å². The third kappa shape index (κ3) is 2.57. The summed E-state index contributed by atoms with van der Waals surface area (Å²) >= 11 is 0. The smallest absolute Gasteiger partial charge is 0.225 e. The number of aromatic nitrogens is 3. The zero-order chi connectivity index (χ0) is 11.4. The van der Waals surface area contributed by atoms with Gasteiger partial charge in [0.25, 0.3) is 0 Å². The third-order valence-electron chi connectivity index (χ3n) is 2.84. The first-order valence-corrected chi connectivity index (χ1v) is 5.51. The van der Waals surface area contributed by atoms with Crippen LogP contribution in [0.25, 0.3) is 0 Å². The Morgan fingerprint density at radius 2 is 2.62 bits per heavy atom. The number of nitrogens with zero attached hydrogens (tertiary/aromatic N) is 2. The van der Waals surface area contributed by atoms with Crippen LogP contribution in [-0.4, -0.2) is 40.3 Å². The summed E-state index contributed by atoms with van der Waals surface area (Å²) in [7, 11) is 0. The second kappa shape index (κ2) is 5.07. The van der Waals surface area contributed by atoms with Crippen molar-refractivity contribution in [2.24, 2.45) is 5.92 Å². The van der Waals surface area contributed by atoms with Crippen LogP contribution in [0.5, 0.6) is 0 Å². The third-order valence-corrected chi connectivity index (χ3v) is 2.84. The fourth-order valence-electron chi connectivity index (χ4n) is 1.86. The van der Waals surface area contributed by atoms with Gasteiger partial charge in [-0.05, 0) is 13.3 Å². The molecule has 1 fully saturated rings. The van der Waals surface area contributed by atoms with Crippen LogP contribution in [0.4, 0.5) is 0 Å². The molecule has 88 valence electrons. The SMILES string of the molecule is CC1OCCC1C(=O)NCCc1ncn[nH]1. The molecule has 2 N–H and O–H groups in total. The average Bonchev–Trinajstić information content (AvgIpc) is 2.88. The first-order chi connectivity index (χ1) is 7.77. The highest BCUT2D eigenvalue weighted by Gasteiger charge is 2.30. The maximum Gasteiger partial charge on any atom is 0.225 e. The fraction of sp³-hybridized carbons (Fsp3) is 0.700. The van der Waals surface area contributed by atoms with Crippen LogP contribution in [0.1, 0.15) is 19.2 Å². The second-order valence-electron chi connectivity index (χ2n) is 3.94. The fourth-order valence-corrected chi connectivity index (χ4v) is 1.86. The normalized spacial score (nSPS) is 24.6. The van der Waals surface area contributed by atoms with Crippen molar-refractivity contribution in [2.75, 3.05) is 13.2 Å². The quantitative estimate of drug-likeness (QED) is 0.747. The molecule has 16 heavy (non-hydrogen) atoms. The van der Waals surface area contributed by atoms with Gasteiger partial charge in [-0.1, -0.05) is 0 Å². The Balaban J connectivity index is 1.71. The van der Waals surface area contributed by atoms with E-state index < -0.39 is 0 Å². The van der Waals surface area contributed by atoms with Crippen molar-refractivity contribution < 1.29 is 9.53 Å². The lowest BCUT2D eigenvalue weighted by Crippen LogP contribution is -2.35. The van der Waals surface area contributed by atoms with Gasteiger partial charge in [0.15, 0.2) is 0 Å². The summed E-state index contributed by atoms with van der Waals surface area (Å²) in [5, 5.41) is 9.38. The molecule has 2 unspecified atom stereocenters. The molecular weight excluding hydrogens is 208 g/mol. The van der Waals surface area contributed by atoms with Gasteiger partial charge in [-0.3, -0.25) is 9.89 Å². The molecule has 2 atom stereocenters. The zero-order valence-electron chi connectivity index (χ0n) is 9.27. The van der Waals surface area contributed by atoms with Crippen LogP contribution < -0.4 is 5.32 Å². The molecule has 1 aromatic rings. The molecule has 0 aliphatic carbocycles. The molecule has 1 amide bonds. The molecule has 0 saturated carbocycles. The van der Waals surface area contributed by atoms with Crippen LogP contribution in [0, 0.1) is 5.92 Å². The standard InChI is InChI=1S/C10H16N4O2/c1-7-8(3-5-16-7)10(15)11-4-2-9-12-6-13-14-9/h6-8H,2-5H2,1H3,(H,11,15)(H,12,13,14). The van der Waals surface area contributed by atoms with Crippen molar-refractivity contribution in [2.45, 2.75) is 25.9 Å². The van der Waals surface area contributed by atoms with Gasteiger partial charge in [0, 0.05) is 19.6 Å². The van der Waals surface area contributed by atoms with Gasteiger partial charge < -0.3 is 10.1 Å². The predicted molar refractivity (Wildman–Crippen MR) is 56.6 cm³/mol. The summed E-state index contributed by atoms with van der Waals surface area (Å²) in [5.41, 5.74) is 0. The lowest BCUT2D eigenvalue weighted by molar-refractivity contribution is -0.126. The van der Waals surface area contributed by atoms with E-state index in [1.165, 1.54) is 6.33 Å². The molecule has 0 radical (unpaired) electrons. The highest BCUT2D eigenvalue weighted by atomic mass is 16.5. The number of hydrogen-bond acceptors (Lipinski definition) is 4. The maximum absolute atomic E-state index is 11.7. The van der Waals surface area contributed by atoms with E-state index in [-0.39, 0.29) is 17.9 Å². The Labute approximate surface area is 93.8 Å². The lowest BCUT2D eigenvalue weighted by Gasteiger charge is -2.13. The van der Waals surface area contributed by atoms with E-state index in [0.29, 0.717) is 19.6 Å². The number of rotatable bonds is 4. The highest BCUT2D eigenvalue weighted by Crippen LogP contribution is 2.20. The van der Waals surface area contributed by atoms with Gasteiger partial charge in [-0.15, -0.1) is 0 Å². The number of carbonyl (C=O) groups excluding carboxylic acids is 1. The zero-order valence-corrected chi connectivity index (χ0v) is 9.27. The molecule has 1 aliphatic rings. The summed E-state index contributed by atoms with van der Waals surface area (Å²) in [6.07, 6.45) is 2.98. The molecule has 0 spiro atoms. The molecule has 6 heteroatoms. The van der Waals surface area contributed by atoms with Crippen LogP contribution in [0.2, 0.25) is 0 Å². The van der Waals surface area contributed by atoms with Crippen LogP contribution in [0.15, 0.2) is 6.33 Å². The maximum atomic E-state index is 11.7. The predicted octanol–water partition coefficient (Wildman–Crippen LogP) is -0.112. The molecule has 6 nitrogen and oxygen atoms in total. The molecule has 2 rings (SSSR count). The summed E-state index contributed by atoms with van der Waals surface area (Å²) in [5.74, 6) is 0.857. The van der Waals surface area contributed by atoms with Crippen LogP contribution >= 0.6 is 0 Å². The number of H-pyrrole nitrogens is 1. The number of carbonyl (C=O) groups is 1. The van der Waals surface area contributed by atoms with Crippen molar-refractivity contribution in [3.05, 3.63) is 12.2 Å². The van der Waals surface area contributed by atoms with Gasteiger partial charge in [-0.25, -0.2) is 4.98 Å². The first-order valence-electron chi connectivity index (χ1n) is 5.51. The van der Waals surface area contributed by atoms with E-state index in [4.69, 9.17) is 4.74 Å². The molecule has 2 heterocycles. The topological polar surface area (TPSA) is 79.9 Å². The largest absolute Gasteiger partial charge is 0.378 e.